The molecule has 1 aromatic carbocycles. The van der Waals surface area contributed by atoms with E-state index in [0.29, 0.717) is 18.8 Å². The van der Waals surface area contributed by atoms with E-state index in [1.165, 1.54) is 24.2 Å². The number of thiazole rings is 1. The van der Waals surface area contributed by atoms with Crippen LogP contribution in [0.3, 0.4) is 0 Å². The number of hydrogen-bond donors (Lipinski definition) is 2. The topological polar surface area (TPSA) is 86.5 Å². The standard InChI is InChI=1S/C18H23N3O3S.ClH/c1-23-14-7-6-12(16(8-14)24-13-4-2-3-5-13)10-20-18(22)15-11-25-17(9-19)21-15;/h6-8,11,13H,2-5,9-10,19H2,1H3,(H,20,22);1H. The number of aromatic nitrogens is 1. The first-order valence-electron chi connectivity index (χ1n) is 8.46. The maximum absolute atomic E-state index is 12.3. The van der Waals surface area contributed by atoms with Crippen LogP contribution in [0.2, 0.25) is 0 Å². The van der Waals surface area contributed by atoms with Crippen LogP contribution in [0, 0.1) is 0 Å². The zero-order valence-corrected chi connectivity index (χ0v) is 16.3. The number of amides is 1. The van der Waals surface area contributed by atoms with Crippen LogP contribution in [0.1, 0.15) is 46.7 Å². The molecule has 26 heavy (non-hydrogen) atoms. The van der Waals surface area contributed by atoms with E-state index >= 15 is 0 Å². The highest BCUT2D eigenvalue weighted by atomic mass is 35.5. The Hall–Kier alpha value is -1.83. The molecule has 1 saturated carbocycles. The second kappa shape index (κ2) is 9.75. The number of nitrogens with zero attached hydrogens (tertiary/aromatic N) is 1. The van der Waals surface area contributed by atoms with Crippen molar-refractivity contribution in [3.8, 4) is 11.5 Å². The summed E-state index contributed by atoms with van der Waals surface area (Å²) in [6.45, 7) is 0.718. The molecule has 3 N–H and O–H groups in total. The zero-order chi connectivity index (χ0) is 17.6. The van der Waals surface area contributed by atoms with Crippen LogP contribution in [0.15, 0.2) is 23.6 Å². The van der Waals surface area contributed by atoms with Gasteiger partial charge in [-0.1, -0.05) is 0 Å². The molecule has 3 rings (SSSR count). The summed E-state index contributed by atoms with van der Waals surface area (Å²) in [6.07, 6.45) is 4.79. The zero-order valence-electron chi connectivity index (χ0n) is 14.7. The molecule has 0 atom stereocenters. The minimum absolute atomic E-state index is 0. The van der Waals surface area contributed by atoms with Crippen LogP contribution in [-0.4, -0.2) is 24.1 Å². The quantitative estimate of drug-likeness (QED) is 0.748. The average molecular weight is 398 g/mol. The Bertz CT molecular complexity index is 732. The van der Waals surface area contributed by atoms with Crippen LogP contribution in [0.5, 0.6) is 11.5 Å². The highest BCUT2D eigenvalue weighted by Crippen LogP contribution is 2.30. The van der Waals surface area contributed by atoms with Gasteiger partial charge in [-0.15, -0.1) is 23.7 Å². The third kappa shape index (κ3) is 5.09. The maximum atomic E-state index is 12.3. The summed E-state index contributed by atoms with van der Waals surface area (Å²) in [6, 6.07) is 5.68. The van der Waals surface area contributed by atoms with Gasteiger partial charge in [-0.2, -0.15) is 0 Å². The Labute approximate surface area is 163 Å². The van der Waals surface area contributed by atoms with Crippen molar-refractivity contribution in [3.05, 3.63) is 39.8 Å². The normalized spacial score (nSPS) is 13.9. The van der Waals surface area contributed by atoms with Crippen molar-refractivity contribution in [1.82, 2.24) is 10.3 Å². The van der Waals surface area contributed by atoms with E-state index in [9.17, 15) is 4.79 Å². The Kier molecular flexibility index (Phi) is 7.68. The molecule has 1 fully saturated rings. The number of methoxy groups -OCH3 is 1. The molecule has 1 aliphatic rings. The number of ether oxygens (including phenoxy) is 2. The number of carbonyl (C=O) groups excluding carboxylic acids is 1. The number of halogens is 1. The van der Waals surface area contributed by atoms with E-state index in [4.69, 9.17) is 15.2 Å². The Morgan fingerprint density at radius 3 is 2.81 bits per heavy atom. The highest BCUT2D eigenvalue weighted by molar-refractivity contribution is 7.09. The predicted molar refractivity (Wildman–Crippen MR) is 104 cm³/mol. The molecule has 0 unspecified atom stereocenters. The molecule has 142 valence electrons. The van der Waals surface area contributed by atoms with Gasteiger partial charge >= 0.3 is 0 Å². The molecule has 6 nitrogen and oxygen atoms in total. The average Bonchev–Trinajstić information content (AvgIpc) is 3.31. The van der Waals surface area contributed by atoms with E-state index in [-0.39, 0.29) is 24.4 Å². The Morgan fingerprint density at radius 2 is 2.15 bits per heavy atom. The third-order valence-electron chi connectivity index (χ3n) is 4.27. The van der Waals surface area contributed by atoms with Gasteiger partial charge in [0.05, 0.1) is 13.2 Å². The lowest BCUT2D eigenvalue weighted by Gasteiger charge is -2.17. The number of carbonyl (C=O) groups is 1. The molecule has 0 radical (unpaired) electrons. The van der Waals surface area contributed by atoms with Gasteiger partial charge in [0.25, 0.3) is 5.91 Å². The summed E-state index contributed by atoms with van der Waals surface area (Å²) in [7, 11) is 1.63. The van der Waals surface area contributed by atoms with Crippen LogP contribution < -0.4 is 20.5 Å². The fourth-order valence-electron chi connectivity index (χ4n) is 2.88. The maximum Gasteiger partial charge on any atom is 0.271 e. The fraction of sp³-hybridized carbons (Fsp3) is 0.444. The van der Waals surface area contributed by atoms with Gasteiger partial charge in [-0.05, 0) is 37.8 Å². The van der Waals surface area contributed by atoms with Crippen molar-refractivity contribution < 1.29 is 14.3 Å². The van der Waals surface area contributed by atoms with E-state index in [1.54, 1.807) is 12.5 Å². The van der Waals surface area contributed by atoms with Gasteiger partial charge in [0.2, 0.25) is 0 Å². The Balaban J connectivity index is 0.00000243. The van der Waals surface area contributed by atoms with Crippen molar-refractivity contribution in [2.24, 2.45) is 5.73 Å². The van der Waals surface area contributed by atoms with E-state index < -0.39 is 0 Å². The van der Waals surface area contributed by atoms with Gasteiger partial charge in [-0.3, -0.25) is 4.79 Å². The summed E-state index contributed by atoms with van der Waals surface area (Å²) >= 11 is 1.39. The van der Waals surface area contributed by atoms with Crippen LogP contribution in [0.4, 0.5) is 0 Å². The van der Waals surface area contributed by atoms with Gasteiger partial charge in [-0.25, -0.2) is 4.98 Å². The third-order valence-corrected chi connectivity index (χ3v) is 5.14. The molecule has 0 bridgehead atoms. The molecule has 0 aliphatic heterocycles. The van der Waals surface area contributed by atoms with Crippen molar-refractivity contribution in [2.75, 3.05) is 7.11 Å². The molecule has 0 saturated heterocycles. The molecular weight excluding hydrogens is 374 g/mol. The summed E-state index contributed by atoms with van der Waals surface area (Å²) < 4.78 is 11.4. The van der Waals surface area contributed by atoms with Gasteiger partial charge < -0.3 is 20.5 Å². The van der Waals surface area contributed by atoms with E-state index in [1.807, 2.05) is 18.2 Å². The first kappa shape index (κ1) is 20.5. The first-order chi connectivity index (χ1) is 12.2. The number of nitrogens with two attached hydrogens (primary N) is 1. The fourth-order valence-corrected chi connectivity index (χ4v) is 3.53. The van der Waals surface area contributed by atoms with Crippen molar-refractivity contribution in [2.45, 2.75) is 44.9 Å². The number of rotatable bonds is 7. The molecule has 2 aromatic rings. The number of nitrogens with one attached hydrogen (secondary N) is 1. The van der Waals surface area contributed by atoms with Crippen LogP contribution in [-0.2, 0) is 13.1 Å². The van der Waals surface area contributed by atoms with Gasteiger partial charge in [0.1, 0.15) is 22.2 Å². The lowest BCUT2D eigenvalue weighted by molar-refractivity contribution is 0.0946. The molecular formula is C18H24ClN3O3S. The van der Waals surface area contributed by atoms with Gasteiger partial charge in [0.15, 0.2) is 0 Å². The van der Waals surface area contributed by atoms with Crippen molar-refractivity contribution in [3.63, 3.8) is 0 Å². The molecule has 0 spiro atoms. The molecule has 1 heterocycles. The molecule has 1 aliphatic carbocycles. The minimum Gasteiger partial charge on any atom is -0.497 e. The molecule has 1 aromatic heterocycles. The first-order valence-corrected chi connectivity index (χ1v) is 9.34. The highest BCUT2D eigenvalue weighted by Gasteiger charge is 2.19. The SMILES string of the molecule is COc1ccc(CNC(=O)c2csc(CN)n2)c(OC2CCCC2)c1.Cl. The summed E-state index contributed by atoms with van der Waals surface area (Å²) in [5.41, 5.74) is 6.87. The summed E-state index contributed by atoms with van der Waals surface area (Å²) in [5.74, 6) is 1.31. The second-order valence-electron chi connectivity index (χ2n) is 6.01. The van der Waals surface area contributed by atoms with Crippen molar-refractivity contribution in [1.29, 1.82) is 0 Å². The van der Waals surface area contributed by atoms with E-state index in [2.05, 4.69) is 10.3 Å². The number of hydrogen-bond acceptors (Lipinski definition) is 6. The lowest BCUT2D eigenvalue weighted by Crippen LogP contribution is -2.24. The van der Waals surface area contributed by atoms with Crippen LogP contribution >= 0.6 is 23.7 Å². The number of benzene rings is 1. The minimum atomic E-state index is -0.210. The molecule has 8 heteroatoms. The van der Waals surface area contributed by atoms with Crippen molar-refractivity contribution >= 4 is 29.7 Å². The second-order valence-corrected chi connectivity index (χ2v) is 6.95. The summed E-state index contributed by atoms with van der Waals surface area (Å²) in [4.78, 5) is 16.5. The molecule has 1 amide bonds. The van der Waals surface area contributed by atoms with E-state index in [0.717, 1.165) is 34.9 Å². The monoisotopic (exact) mass is 397 g/mol. The largest absolute Gasteiger partial charge is 0.497 e. The summed E-state index contributed by atoms with van der Waals surface area (Å²) in [5, 5.41) is 5.37. The smallest absolute Gasteiger partial charge is 0.271 e. The van der Waals surface area contributed by atoms with Crippen LogP contribution in [0.25, 0.3) is 0 Å². The Morgan fingerprint density at radius 1 is 1.38 bits per heavy atom. The predicted octanol–water partition coefficient (Wildman–Crippen LogP) is 3.28. The van der Waals surface area contributed by atoms with Gasteiger partial charge in [0, 0.05) is 30.1 Å². The lowest BCUT2D eigenvalue weighted by atomic mass is 10.1.